The number of ether oxygens (including phenoxy) is 1. The zero-order chi connectivity index (χ0) is 20.5. The van der Waals surface area contributed by atoms with E-state index in [1.807, 2.05) is 6.08 Å². The quantitative estimate of drug-likeness (QED) is 0.515. The topological polar surface area (TPSA) is 75.1 Å². The van der Waals surface area contributed by atoms with E-state index in [1.54, 1.807) is 9.91 Å². The molecule has 3 rings (SSSR count). The van der Waals surface area contributed by atoms with Gasteiger partial charge in [0, 0.05) is 25.8 Å². The fourth-order valence-electron chi connectivity index (χ4n) is 3.61. The summed E-state index contributed by atoms with van der Waals surface area (Å²) < 4.78 is 5.36. The van der Waals surface area contributed by atoms with Crippen LogP contribution in [0.4, 0.5) is 0 Å². The zero-order valence-electron chi connectivity index (χ0n) is 17.3. The maximum absolute atomic E-state index is 12.2. The normalized spacial score (nSPS) is 17.6. The van der Waals surface area contributed by atoms with E-state index in [2.05, 4.69) is 41.9 Å². The van der Waals surface area contributed by atoms with Gasteiger partial charge in [0.05, 0.1) is 32.0 Å². The molecule has 158 valence electrons. The minimum atomic E-state index is -0.0139. The van der Waals surface area contributed by atoms with Crippen molar-refractivity contribution in [2.75, 3.05) is 45.9 Å². The van der Waals surface area contributed by atoms with Crippen molar-refractivity contribution in [1.29, 1.82) is 0 Å². The van der Waals surface area contributed by atoms with Gasteiger partial charge in [0.25, 0.3) is 0 Å². The third-order valence-corrected chi connectivity index (χ3v) is 5.50. The molecule has 7 heteroatoms. The molecule has 2 amide bonds. The highest BCUT2D eigenvalue weighted by Gasteiger charge is 2.20. The first-order chi connectivity index (χ1) is 14.2. The maximum atomic E-state index is 12.2. The van der Waals surface area contributed by atoms with E-state index in [9.17, 15) is 9.59 Å². The van der Waals surface area contributed by atoms with E-state index in [0.717, 1.165) is 57.0 Å². The van der Waals surface area contributed by atoms with E-state index in [1.165, 1.54) is 5.56 Å². The summed E-state index contributed by atoms with van der Waals surface area (Å²) in [5.74, 6) is -0.0253. The van der Waals surface area contributed by atoms with E-state index in [4.69, 9.17) is 4.74 Å². The Morgan fingerprint density at radius 1 is 1.24 bits per heavy atom. The molecule has 1 aromatic rings. The lowest BCUT2D eigenvalue weighted by atomic mass is 10.1. The van der Waals surface area contributed by atoms with Gasteiger partial charge in [0.1, 0.15) is 13.1 Å². The monoisotopic (exact) mass is 401 g/mol. The summed E-state index contributed by atoms with van der Waals surface area (Å²) in [6.45, 7) is 7.99. The number of carbonyl (C=O) groups is 2. The van der Waals surface area contributed by atoms with Crippen molar-refractivity contribution in [2.45, 2.75) is 32.6 Å². The molecule has 1 fully saturated rings. The number of quaternary nitrogens is 1. The molecule has 0 unspecified atom stereocenters. The Bertz CT molecular complexity index is 711. The average molecular weight is 402 g/mol. The van der Waals surface area contributed by atoms with Gasteiger partial charge >= 0.3 is 0 Å². The second-order valence-corrected chi connectivity index (χ2v) is 7.60. The number of benzene rings is 1. The third kappa shape index (κ3) is 6.58. The van der Waals surface area contributed by atoms with Crippen LogP contribution in [0.3, 0.4) is 0 Å². The Morgan fingerprint density at radius 2 is 2.00 bits per heavy atom. The molecule has 0 saturated carbocycles. The van der Waals surface area contributed by atoms with Crippen molar-refractivity contribution in [3.05, 3.63) is 41.5 Å². The van der Waals surface area contributed by atoms with Crippen LogP contribution in [0.2, 0.25) is 0 Å². The van der Waals surface area contributed by atoms with Gasteiger partial charge in [-0.25, -0.2) is 0 Å². The van der Waals surface area contributed by atoms with Gasteiger partial charge < -0.3 is 15.0 Å². The lowest BCUT2D eigenvalue weighted by molar-refractivity contribution is -0.908. The first-order valence-electron chi connectivity index (χ1n) is 10.7. The number of hydrazine groups is 1. The number of amides is 2. The van der Waals surface area contributed by atoms with Gasteiger partial charge in [-0.05, 0) is 23.6 Å². The van der Waals surface area contributed by atoms with Crippen LogP contribution >= 0.6 is 0 Å². The Balaban J connectivity index is 1.38. The molecule has 2 heterocycles. The van der Waals surface area contributed by atoms with Crippen molar-refractivity contribution in [3.63, 3.8) is 0 Å². The lowest BCUT2D eigenvalue weighted by Crippen LogP contribution is -3.14. The molecular weight excluding hydrogens is 368 g/mol. The summed E-state index contributed by atoms with van der Waals surface area (Å²) in [6.07, 6.45) is 4.52. The van der Waals surface area contributed by atoms with Crippen molar-refractivity contribution >= 4 is 17.5 Å². The van der Waals surface area contributed by atoms with Crippen LogP contribution in [0.15, 0.2) is 30.3 Å². The van der Waals surface area contributed by atoms with Crippen LogP contribution in [0, 0.1) is 0 Å². The van der Waals surface area contributed by atoms with Crippen LogP contribution in [0.5, 0.6) is 0 Å². The SMILES string of the molecule is CCc1ccc(C2=CCC(=O)N(CCC(=O)NCCC[NH+]3CCOCC3)N2)cc1. The van der Waals surface area contributed by atoms with Crippen LogP contribution in [-0.4, -0.2) is 62.8 Å². The van der Waals surface area contributed by atoms with E-state index < -0.39 is 0 Å². The molecule has 0 aliphatic carbocycles. The molecule has 1 saturated heterocycles. The molecule has 0 spiro atoms. The maximum Gasteiger partial charge on any atom is 0.244 e. The van der Waals surface area contributed by atoms with Crippen molar-refractivity contribution in [1.82, 2.24) is 15.8 Å². The predicted octanol–water partition coefficient (Wildman–Crippen LogP) is 0.138. The van der Waals surface area contributed by atoms with Gasteiger partial charge in [0.2, 0.25) is 11.8 Å². The Morgan fingerprint density at radius 3 is 2.72 bits per heavy atom. The second kappa shape index (κ2) is 11.0. The molecule has 0 radical (unpaired) electrons. The minimum Gasteiger partial charge on any atom is -0.370 e. The highest BCUT2D eigenvalue weighted by atomic mass is 16.5. The molecule has 7 nitrogen and oxygen atoms in total. The summed E-state index contributed by atoms with van der Waals surface area (Å²) >= 11 is 0. The predicted molar refractivity (Wildman–Crippen MR) is 112 cm³/mol. The van der Waals surface area contributed by atoms with Gasteiger partial charge in [-0.2, -0.15) is 0 Å². The number of nitrogens with one attached hydrogen (secondary N) is 3. The second-order valence-electron chi connectivity index (χ2n) is 7.60. The summed E-state index contributed by atoms with van der Waals surface area (Å²) in [5.41, 5.74) is 6.42. The average Bonchev–Trinajstić information content (AvgIpc) is 2.77. The fraction of sp³-hybridized carbons (Fsp3) is 0.545. The molecular formula is C22H33N4O3+. The largest absolute Gasteiger partial charge is 0.370 e. The molecule has 0 bridgehead atoms. The van der Waals surface area contributed by atoms with Crippen LogP contribution < -0.4 is 15.6 Å². The highest BCUT2D eigenvalue weighted by Crippen LogP contribution is 2.18. The number of aryl methyl sites for hydroxylation is 1. The first kappa shape index (κ1) is 21.3. The van der Waals surface area contributed by atoms with Crippen LogP contribution in [-0.2, 0) is 20.7 Å². The van der Waals surface area contributed by atoms with E-state index >= 15 is 0 Å². The first-order valence-corrected chi connectivity index (χ1v) is 10.7. The highest BCUT2D eigenvalue weighted by molar-refractivity contribution is 5.84. The number of morpholine rings is 1. The summed E-state index contributed by atoms with van der Waals surface area (Å²) in [5, 5.41) is 4.52. The summed E-state index contributed by atoms with van der Waals surface area (Å²) in [4.78, 5) is 25.9. The van der Waals surface area contributed by atoms with Gasteiger partial charge in [-0.15, -0.1) is 0 Å². The molecule has 2 aliphatic heterocycles. The molecule has 2 aliphatic rings. The third-order valence-electron chi connectivity index (χ3n) is 5.50. The molecule has 29 heavy (non-hydrogen) atoms. The van der Waals surface area contributed by atoms with Crippen LogP contribution in [0.25, 0.3) is 5.70 Å². The Labute approximate surface area is 173 Å². The summed E-state index contributed by atoms with van der Waals surface area (Å²) in [6, 6.07) is 8.33. The smallest absolute Gasteiger partial charge is 0.244 e. The van der Waals surface area contributed by atoms with Crippen molar-refractivity contribution in [2.24, 2.45) is 0 Å². The van der Waals surface area contributed by atoms with Crippen molar-refractivity contribution < 1.29 is 19.2 Å². The number of hydrogen-bond donors (Lipinski definition) is 3. The fourth-order valence-corrected chi connectivity index (χ4v) is 3.61. The van der Waals surface area contributed by atoms with Crippen molar-refractivity contribution in [3.8, 4) is 0 Å². The molecule has 0 atom stereocenters. The Hall–Kier alpha value is -2.38. The van der Waals surface area contributed by atoms with Gasteiger partial charge in [-0.1, -0.05) is 31.2 Å². The van der Waals surface area contributed by atoms with E-state index in [0.29, 0.717) is 25.9 Å². The molecule has 1 aromatic carbocycles. The van der Waals surface area contributed by atoms with Crippen LogP contribution in [0.1, 0.15) is 37.3 Å². The number of carbonyl (C=O) groups excluding carboxylic acids is 2. The van der Waals surface area contributed by atoms with E-state index in [-0.39, 0.29) is 11.8 Å². The lowest BCUT2D eigenvalue weighted by Gasteiger charge is -2.29. The molecule has 3 N–H and O–H groups in total. The molecule has 0 aromatic heterocycles. The Kier molecular flexibility index (Phi) is 8.07. The number of hydrogen-bond acceptors (Lipinski definition) is 4. The van der Waals surface area contributed by atoms with Gasteiger partial charge in [-0.3, -0.25) is 20.0 Å². The zero-order valence-corrected chi connectivity index (χ0v) is 17.3. The minimum absolute atomic E-state index is 0.0114. The summed E-state index contributed by atoms with van der Waals surface area (Å²) in [7, 11) is 0. The van der Waals surface area contributed by atoms with Gasteiger partial charge in [0.15, 0.2) is 0 Å². The number of rotatable bonds is 9. The number of nitrogens with zero attached hydrogens (tertiary/aromatic N) is 1. The standard InChI is InChI=1S/C22H32N4O3/c1-2-18-4-6-19(7-5-18)20-8-9-22(28)26(24-20)13-10-21(27)23-11-3-12-25-14-16-29-17-15-25/h4-8,24H,2-3,9-17H2,1H3,(H,23,27)/p+1.